The summed E-state index contributed by atoms with van der Waals surface area (Å²) in [5.41, 5.74) is 3.02. The molecule has 1 aromatic carbocycles. The van der Waals surface area contributed by atoms with E-state index in [0.717, 1.165) is 26.9 Å². The summed E-state index contributed by atoms with van der Waals surface area (Å²) in [5.74, 6) is -0.393. The number of H-pyrrole nitrogens is 1. The van der Waals surface area contributed by atoms with Crippen LogP contribution >= 0.6 is 11.6 Å². The van der Waals surface area contributed by atoms with E-state index in [0.29, 0.717) is 12.0 Å². The van der Waals surface area contributed by atoms with E-state index >= 15 is 0 Å². The molecule has 1 atom stereocenters. The van der Waals surface area contributed by atoms with Crippen molar-refractivity contribution in [2.75, 3.05) is 7.05 Å². The molecule has 0 saturated carbocycles. The van der Waals surface area contributed by atoms with Gasteiger partial charge in [-0.1, -0.05) is 31.5 Å². The third-order valence-electron chi connectivity index (χ3n) is 5.07. The molecule has 166 valence electrons. The highest BCUT2D eigenvalue weighted by molar-refractivity contribution is 7.89. The lowest BCUT2D eigenvalue weighted by Gasteiger charge is -2.25. The zero-order valence-corrected chi connectivity index (χ0v) is 19.3. The van der Waals surface area contributed by atoms with E-state index in [-0.39, 0.29) is 22.3 Å². The molecule has 8 nitrogen and oxygen atoms in total. The molecule has 31 heavy (non-hydrogen) atoms. The number of hydrogen-bond donors (Lipinski definition) is 2. The van der Waals surface area contributed by atoms with Crippen molar-refractivity contribution in [1.82, 2.24) is 19.3 Å². The Bertz CT molecular complexity index is 1220. The number of aromatic nitrogens is 3. The molecule has 0 saturated heterocycles. The third-order valence-corrected chi connectivity index (χ3v) is 7.29. The molecule has 0 radical (unpaired) electrons. The van der Waals surface area contributed by atoms with Crippen molar-refractivity contribution < 1.29 is 18.3 Å². The number of aryl methyl sites for hydroxylation is 1. The molecule has 2 N–H and O–H groups in total. The summed E-state index contributed by atoms with van der Waals surface area (Å²) in [6.07, 6.45) is 2.26. The van der Waals surface area contributed by atoms with Crippen LogP contribution in [-0.4, -0.2) is 51.8 Å². The summed E-state index contributed by atoms with van der Waals surface area (Å²) >= 11 is 6.42. The van der Waals surface area contributed by atoms with Gasteiger partial charge in [-0.25, -0.2) is 13.4 Å². The molecule has 0 unspecified atom stereocenters. The van der Waals surface area contributed by atoms with Gasteiger partial charge in [-0.3, -0.25) is 9.78 Å². The maximum atomic E-state index is 13.0. The molecular formula is C21H25ClN4O4S. The van der Waals surface area contributed by atoms with Crippen LogP contribution in [-0.2, 0) is 21.2 Å². The minimum Gasteiger partial charge on any atom is -0.480 e. The fourth-order valence-electron chi connectivity index (χ4n) is 3.44. The second-order valence-corrected chi connectivity index (χ2v) is 10.3. The maximum Gasteiger partial charge on any atom is 0.322 e. The van der Waals surface area contributed by atoms with Crippen LogP contribution in [0.15, 0.2) is 35.4 Å². The van der Waals surface area contributed by atoms with E-state index < -0.39 is 22.0 Å². The monoisotopic (exact) mass is 464 g/mol. The minimum atomic E-state index is -4.04. The number of aromatic amines is 1. The van der Waals surface area contributed by atoms with Gasteiger partial charge in [0.1, 0.15) is 17.4 Å². The standard InChI is InChI=1S/C21H25ClN4O4S/c1-12(2)9-19(21(27)28)26(4)31(29,30)15-6-5-14(16(22)11-15)10-18-20-17(7-8-23-18)24-13(3)25-20/h5-8,11-12,19H,9-10H2,1-4H3,(H,24,25)(H,27,28)/t19-/m0/s1. The number of imidazole rings is 1. The van der Waals surface area contributed by atoms with E-state index in [1.54, 1.807) is 12.3 Å². The fourth-order valence-corrected chi connectivity index (χ4v) is 5.10. The highest BCUT2D eigenvalue weighted by Gasteiger charge is 2.33. The first kappa shape index (κ1) is 23.2. The number of pyridine rings is 1. The van der Waals surface area contributed by atoms with Crippen LogP contribution in [0.25, 0.3) is 11.0 Å². The van der Waals surface area contributed by atoms with Gasteiger partial charge in [-0.05, 0) is 43.0 Å². The topological polar surface area (TPSA) is 116 Å². The number of carboxylic acid groups (broad SMARTS) is 1. The van der Waals surface area contributed by atoms with Gasteiger partial charge in [0.25, 0.3) is 0 Å². The Morgan fingerprint density at radius 1 is 1.29 bits per heavy atom. The predicted molar refractivity (Wildman–Crippen MR) is 119 cm³/mol. The molecule has 0 spiro atoms. The van der Waals surface area contributed by atoms with Gasteiger partial charge in [-0.15, -0.1) is 0 Å². The molecule has 0 fully saturated rings. The number of carbonyl (C=O) groups is 1. The second-order valence-electron chi connectivity index (χ2n) is 7.91. The van der Waals surface area contributed by atoms with Crippen LogP contribution in [0.1, 0.15) is 37.4 Å². The molecule has 3 rings (SSSR count). The largest absolute Gasteiger partial charge is 0.480 e. The van der Waals surface area contributed by atoms with Gasteiger partial charge in [0, 0.05) is 24.7 Å². The van der Waals surface area contributed by atoms with Crippen LogP contribution in [0.2, 0.25) is 5.02 Å². The van der Waals surface area contributed by atoms with Crippen LogP contribution in [0, 0.1) is 12.8 Å². The smallest absolute Gasteiger partial charge is 0.322 e. The molecule has 2 heterocycles. The number of halogens is 1. The molecule has 3 aromatic rings. The van der Waals surface area contributed by atoms with Crippen LogP contribution in [0.3, 0.4) is 0 Å². The number of likely N-dealkylation sites (N-methyl/N-ethyl adjacent to an activating group) is 1. The third kappa shape index (κ3) is 4.89. The lowest BCUT2D eigenvalue weighted by Crippen LogP contribution is -2.43. The Morgan fingerprint density at radius 3 is 2.61 bits per heavy atom. The number of hydrogen-bond acceptors (Lipinski definition) is 5. The number of benzene rings is 1. The SMILES string of the molecule is Cc1nc2c(Cc3ccc(S(=O)(=O)N(C)[C@@H](CC(C)C)C(=O)O)cc3Cl)nccc2[nH]1. The predicted octanol–water partition coefficient (Wildman–Crippen LogP) is 3.63. The number of aliphatic carboxylic acids is 1. The van der Waals surface area contributed by atoms with Gasteiger partial charge in [0.05, 0.1) is 16.1 Å². The Balaban J connectivity index is 1.91. The number of sulfonamides is 1. The van der Waals surface area contributed by atoms with Crippen molar-refractivity contribution in [2.45, 2.75) is 44.6 Å². The van der Waals surface area contributed by atoms with Crippen molar-refractivity contribution in [3.63, 3.8) is 0 Å². The van der Waals surface area contributed by atoms with Gasteiger partial charge in [0.2, 0.25) is 10.0 Å². The molecular weight excluding hydrogens is 440 g/mol. The molecule has 0 bridgehead atoms. The molecule has 0 aliphatic carbocycles. The van der Waals surface area contributed by atoms with Crippen molar-refractivity contribution in [1.29, 1.82) is 0 Å². The number of fused-ring (bicyclic) bond motifs is 1. The first-order valence-electron chi connectivity index (χ1n) is 9.80. The summed E-state index contributed by atoms with van der Waals surface area (Å²) in [5, 5.41) is 9.77. The van der Waals surface area contributed by atoms with Crippen LogP contribution in [0.4, 0.5) is 0 Å². The van der Waals surface area contributed by atoms with Crippen LogP contribution < -0.4 is 0 Å². The lowest BCUT2D eigenvalue weighted by atomic mass is 10.0. The molecule has 10 heteroatoms. The normalized spacial score (nSPS) is 13.3. The van der Waals surface area contributed by atoms with Gasteiger partial charge in [0.15, 0.2) is 0 Å². The quantitative estimate of drug-likeness (QED) is 0.525. The van der Waals surface area contributed by atoms with Crippen molar-refractivity contribution in [2.24, 2.45) is 5.92 Å². The Morgan fingerprint density at radius 2 is 2.00 bits per heavy atom. The van der Waals surface area contributed by atoms with Gasteiger partial charge >= 0.3 is 5.97 Å². The molecule has 0 aliphatic rings. The summed E-state index contributed by atoms with van der Waals surface area (Å²) in [7, 11) is -2.76. The minimum absolute atomic E-state index is 0.0191. The Hall–Kier alpha value is -2.49. The number of nitrogens with one attached hydrogen (secondary N) is 1. The second kappa shape index (κ2) is 8.94. The van der Waals surface area contributed by atoms with Gasteiger partial charge < -0.3 is 10.1 Å². The van der Waals surface area contributed by atoms with E-state index in [4.69, 9.17) is 11.6 Å². The van der Waals surface area contributed by atoms with Crippen molar-refractivity contribution in [3.05, 3.63) is 52.6 Å². The summed E-state index contributed by atoms with van der Waals surface area (Å²) in [4.78, 5) is 23.6. The number of nitrogens with zero attached hydrogens (tertiary/aromatic N) is 3. The van der Waals surface area contributed by atoms with Gasteiger partial charge in [-0.2, -0.15) is 4.31 Å². The molecule has 0 amide bonds. The van der Waals surface area contributed by atoms with Crippen molar-refractivity contribution >= 4 is 38.6 Å². The number of carboxylic acids is 1. The Labute approximate surface area is 186 Å². The highest BCUT2D eigenvalue weighted by Crippen LogP contribution is 2.27. The van der Waals surface area contributed by atoms with E-state index in [9.17, 15) is 18.3 Å². The first-order valence-corrected chi connectivity index (χ1v) is 11.6. The Kier molecular flexibility index (Phi) is 6.68. The van der Waals surface area contributed by atoms with Crippen molar-refractivity contribution in [3.8, 4) is 0 Å². The average Bonchev–Trinajstić information content (AvgIpc) is 3.07. The summed E-state index contributed by atoms with van der Waals surface area (Å²) < 4.78 is 27.0. The zero-order chi connectivity index (χ0) is 22.9. The van der Waals surface area contributed by atoms with E-state index in [2.05, 4.69) is 15.0 Å². The molecule has 2 aromatic heterocycles. The number of rotatable bonds is 8. The maximum absolute atomic E-state index is 13.0. The fraction of sp³-hybridized carbons (Fsp3) is 0.381. The summed E-state index contributed by atoms with van der Waals surface area (Å²) in [6.45, 7) is 5.55. The first-order chi connectivity index (χ1) is 14.5. The van der Waals surface area contributed by atoms with Crippen LogP contribution in [0.5, 0.6) is 0 Å². The zero-order valence-electron chi connectivity index (χ0n) is 17.8. The average molecular weight is 465 g/mol. The lowest BCUT2D eigenvalue weighted by molar-refractivity contribution is -0.141. The summed E-state index contributed by atoms with van der Waals surface area (Å²) in [6, 6.07) is 5.10. The highest BCUT2D eigenvalue weighted by atomic mass is 35.5. The van der Waals surface area contributed by atoms with E-state index in [1.165, 1.54) is 19.2 Å². The van der Waals surface area contributed by atoms with E-state index in [1.807, 2.05) is 26.8 Å². The molecule has 0 aliphatic heterocycles.